The summed E-state index contributed by atoms with van der Waals surface area (Å²) in [6.45, 7) is 9.97. The average Bonchev–Trinajstić information content (AvgIpc) is 2.19. The summed E-state index contributed by atoms with van der Waals surface area (Å²) in [7, 11) is 0. The highest BCUT2D eigenvalue weighted by Gasteiger charge is 2.29. The lowest BCUT2D eigenvalue weighted by molar-refractivity contribution is -0.138. The second-order valence-corrected chi connectivity index (χ2v) is 5.25. The van der Waals surface area contributed by atoms with Gasteiger partial charge in [-0.25, -0.2) is 0 Å². The van der Waals surface area contributed by atoms with Gasteiger partial charge in [-0.3, -0.25) is 4.79 Å². The third-order valence-corrected chi connectivity index (χ3v) is 3.72. The minimum absolute atomic E-state index is 0.116. The van der Waals surface area contributed by atoms with E-state index in [1.54, 1.807) is 0 Å². The molecule has 1 aliphatic heterocycles. The standard InChI is InChI=1S/C12H24N2O/c1-8(2)10(4)12(15)14-6-5-9(3)11(13)7-14/h8-11H,5-7,13H2,1-4H3. The lowest BCUT2D eigenvalue weighted by Gasteiger charge is -2.37. The van der Waals surface area contributed by atoms with Gasteiger partial charge in [0.25, 0.3) is 0 Å². The van der Waals surface area contributed by atoms with Crippen LogP contribution in [0, 0.1) is 17.8 Å². The fraction of sp³-hybridized carbons (Fsp3) is 0.917. The summed E-state index contributed by atoms with van der Waals surface area (Å²) in [6, 6.07) is 0.155. The van der Waals surface area contributed by atoms with E-state index in [0.29, 0.717) is 11.8 Å². The minimum atomic E-state index is 0.116. The molecule has 1 heterocycles. The van der Waals surface area contributed by atoms with E-state index in [-0.39, 0.29) is 17.9 Å². The van der Waals surface area contributed by atoms with Crippen molar-refractivity contribution in [3.05, 3.63) is 0 Å². The van der Waals surface area contributed by atoms with Crippen LogP contribution in [0.25, 0.3) is 0 Å². The van der Waals surface area contributed by atoms with E-state index >= 15 is 0 Å². The number of carbonyl (C=O) groups is 1. The van der Waals surface area contributed by atoms with Gasteiger partial charge in [-0.1, -0.05) is 27.7 Å². The largest absolute Gasteiger partial charge is 0.341 e. The predicted molar refractivity (Wildman–Crippen MR) is 62.3 cm³/mol. The fourth-order valence-corrected chi connectivity index (χ4v) is 1.87. The molecule has 0 aromatic rings. The van der Waals surface area contributed by atoms with Gasteiger partial charge in [-0.15, -0.1) is 0 Å². The number of amides is 1. The first-order valence-electron chi connectivity index (χ1n) is 5.97. The molecule has 0 saturated carbocycles. The summed E-state index contributed by atoms with van der Waals surface area (Å²) in [5.41, 5.74) is 5.99. The second kappa shape index (κ2) is 4.97. The number of nitrogens with zero attached hydrogens (tertiary/aromatic N) is 1. The molecular formula is C12H24N2O. The summed E-state index contributed by atoms with van der Waals surface area (Å²) in [5.74, 6) is 1.34. The number of hydrogen-bond donors (Lipinski definition) is 1. The van der Waals surface area contributed by atoms with Gasteiger partial charge in [0.05, 0.1) is 0 Å². The molecule has 1 amide bonds. The molecule has 1 aliphatic rings. The van der Waals surface area contributed by atoms with Crippen LogP contribution in [0.3, 0.4) is 0 Å². The van der Waals surface area contributed by atoms with Crippen molar-refractivity contribution in [2.45, 2.75) is 40.2 Å². The van der Waals surface area contributed by atoms with Gasteiger partial charge in [0, 0.05) is 25.0 Å². The molecule has 2 N–H and O–H groups in total. The topological polar surface area (TPSA) is 46.3 Å². The molecule has 1 saturated heterocycles. The molecule has 0 bridgehead atoms. The molecule has 15 heavy (non-hydrogen) atoms. The number of rotatable bonds is 2. The molecule has 88 valence electrons. The van der Waals surface area contributed by atoms with Gasteiger partial charge in [0.15, 0.2) is 0 Å². The molecule has 3 nitrogen and oxygen atoms in total. The Hall–Kier alpha value is -0.570. The highest BCUT2D eigenvalue weighted by molar-refractivity contribution is 5.78. The van der Waals surface area contributed by atoms with Crippen molar-refractivity contribution in [3.8, 4) is 0 Å². The van der Waals surface area contributed by atoms with E-state index < -0.39 is 0 Å². The van der Waals surface area contributed by atoms with Crippen LogP contribution in [-0.2, 0) is 4.79 Å². The smallest absolute Gasteiger partial charge is 0.225 e. The minimum Gasteiger partial charge on any atom is -0.341 e. The van der Waals surface area contributed by atoms with E-state index in [1.165, 1.54) is 0 Å². The Morgan fingerprint density at radius 3 is 2.47 bits per heavy atom. The lowest BCUT2D eigenvalue weighted by atomic mass is 9.91. The number of carbonyl (C=O) groups excluding carboxylic acids is 1. The lowest BCUT2D eigenvalue weighted by Crippen LogP contribution is -2.51. The van der Waals surface area contributed by atoms with Crippen molar-refractivity contribution in [1.82, 2.24) is 4.90 Å². The Kier molecular flexibility index (Phi) is 4.14. The van der Waals surface area contributed by atoms with Crippen LogP contribution in [0.2, 0.25) is 0 Å². The highest BCUT2D eigenvalue weighted by atomic mass is 16.2. The van der Waals surface area contributed by atoms with Crippen LogP contribution < -0.4 is 5.73 Å². The van der Waals surface area contributed by atoms with Crippen LogP contribution in [0.1, 0.15) is 34.1 Å². The number of likely N-dealkylation sites (tertiary alicyclic amines) is 1. The molecular weight excluding hydrogens is 188 g/mol. The van der Waals surface area contributed by atoms with E-state index in [4.69, 9.17) is 5.73 Å². The van der Waals surface area contributed by atoms with E-state index in [1.807, 2.05) is 11.8 Å². The quantitative estimate of drug-likeness (QED) is 0.753. The third kappa shape index (κ3) is 2.94. The van der Waals surface area contributed by atoms with Crippen LogP contribution in [0.5, 0.6) is 0 Å². The molecule has 0 aromatic heterocycles. The molecule has 0 radical (unpaired) electrons. The van der Waals surface area contributed by atoms with Gasteiger partial charge in [0.1, 0.15) is 0 Å². The summed E-state index contributed by atoms with van der Waals surface area (Å²) in [5, 5.41) is 0. The Balaban J connectivity index is 2.54. The third-order valence-electron chi connectivity index (χ3n) is 3.72. The maximum absolute atomic E-state index is 12.1. The number of piperidine rings is 1. The van der Waals surface area contributed by atoms with Crippen molar-refractivity contribution in [2.24, 2.45) is 23.5 Å². The summed E-state index contributed by atoms with van der Waals surface area (Å²) >= 11 is 0. The molecule has 1 fully saturated rings. The number of hydrogen-bond acceptors (Lipinski definition) is 2. The summed E-state index contributed by atoms with van der Waals surface area (Å²) in [4.78, 5) is 14.0. The van der Waals surface area contributed by atoms with Gasteiger partial charge in [0.2, 0.25) is 5.91 Å². The zero-order valence-electron chi connectivity index (χ0n) is 10.4. The van der Waals surface area contributed by atoms with Gasteiger partial charge >= 0.3 is 0 Å². The first-order valence-corrected chi connectivity index (χ1v) is 5.97. The van der Waals surface area contributed by atoms with Crippen LogP contribution in [0.4, 0.5) is 0 Å². The average molecular weight is 212 g/mol. The molecule has 0 aromatic carbocycles. The van der Waals surface area contributed by atoms with Crippen molar-refractivity contribution in [1.29, 1.82) is 0 Å². The monoisotopic (exact) mass is 212 g/mol. The first kappa shape index (κ1) is 12.5. The molecule has 0 spiro atoms. The second-order valence-electron chi connectivity index (χ2n) is 5.25. The van der Waals surface area contributed by atoms with Gasteiger partial charge in [-0.05, 0) is 18.3 Å². The van der Waals surface area contributed by atoms with Gasteiger partial charge < -0.3 is 10.6 Å². The Labute approximate surface area is 93.0 Å². The van der Waals surface area contributed by atoms with Crippen molar-refractivity contribution in [3.63, 3.8) is 0 Å². The van der Waals surface area contributed by atoms with E-state index in [9.17, 15) is 4.79 Å². The maximum Gasteiger partial charge on any atom is 0.225 e. The Morgan fingerprint density at radius 1 is 1.40 bits per heavy atom. The fourth-order valence-electron chi connectivity index (χ4n) is 1.87. The molecule has 3 heteroatoms. The molecule has 3 unspecified atom stereocenters. The zero-order valence-corrected chi connectivity index (χ0v) is 10.4. The Bertz CT molecular complexity index is 228. The van der Waals surface area contributed by atoms with Crippen molar-refractivity contribution in [2.75, 3.05) is 13.1 Å². The Morgan fingerprint density at radius 2 is 2.00 bits per heavy atom. The maximum atomic E-state index is 12.1. The normalized spacial score (nSPS) is 29.3. The van der Waals surface area contributed by atoms with E-state index in [0.717, 1.165) is 19.5 Å². The van der Waals surface area contributed by atoms with E-state index in [2.05, 4.69) is 20.8 Å². The SMILES string of the molecule is CC(C)C(C)C(=O)N1CCC(C)C(N)C1. The summed E-state index contributed by atoms with van der Waals surface area (Å²) in [6.07, 6.45) is 1.04. The van der Waals surface area contributed by atoms with Crippen LogP contribution in [-0.4, -0.2) is 29.9 Å². The van der Waals surface area contributed by atoms with Crippen LogP contribution >= 0.6 is 0 Å². The molecule has 0 aliphatic carbocycles. The zero-order chi connectivity index (χ0) is 11.6. The number of nitrogens with two attached hydrogens (primary N) is 1. The predicted octanol–water partition coefficient (Wildman–Crippen LogP) is 1.47. The van der Waals surface area contributed by atoms with Gasteiger partial charge in [-0.2, -0.15) is 0 Å². The molecule has 1 rings (SSSR count). The molecule has 3 atom stereocenters. The summed E-state index contributed by atoms with van der Waals surface area (Å²) < 4.78 is 0. The van der Waals surface area contributed by atoms with Crippen molar-refractivity contribution >= 4 is 5.91 Å². The van der Waals surface area contributed by atoms with Crippen LogP contribution in [0.15, 0.2) is 0 Å². The first-order chi connectivity index (χ1) is 6.93. The van der Waals surface area contributed by atoms with Crippen molar-refractivity contribution < 1.29 is 4.79 Å². The highest BCUT2D eigenvalue weighted by Crippen LogP contribution is 2.20.